The minimum atomic E-state index is -0.379. The summed E-state index contributed by atoms with van der Waals surface area (Å²) in [6.45, 7) is 3.23. The molecule has 23 heavy (non-hydrogen) atoms. The number of amides is 1. The summed E-state index contributed by atoms with van der Waals surface area (Å²) in [4.78, 5) is 11.8. The summed E-state index contributed by atoms with van der Waals surface area (Å²) >= 11 is 0. The highest BCUT2D eigenvalue weighted by atomic mass is 16.5. The van der Waals surface area contributed by atoms with Crippen molar-refractivity contribution in [2.45, 2.75) is 32.6 Å². The third-order valence-corrected chi connectivity index (χ3v) is 3.33. The summed E-state index contributed by atoms with van der Waals surface area (Å²) in [5.74, 6) is -0.379. The lowest BCUT2D eigenvalue weighted by Crippen LogP contribution is -2.26. The summed E-state index contributed by atoms with van der Waals surface area (Å²) in [5, 5.41) is 14.8. The number of methoxy groups -OCH3 is 1. The molecule has 1 aromatic rings. The molecule has 2 N–H and O–H groups in total. The topological polar surface area (TPSA) is 74.2 Å². The minimum Gasteiger partial charge on any atom is -0.385 e. The van der Waals surface area contributed by atoms with Crippen molar-refractivity contribution in [2.75, 3.05) is 25.6 Å². The van der Waals surface area contributed by atoms with Gasteiger partial charge in [0.15, 0.2) is 0 Å². The van der Waals surface area contributed by atoms with Crippen LogP contribution in [0, 0.1) is 11.3 Å². The predicted octanol–water partition coefficient (Wildman–Crippen LogP) is 3.00. The number of aryl methyl sites for hydroxylation is 1. The second-order valence-corrected chi connectivity index (χ2v) is 5.22. The van der Waals surface area contributed by atoms with Crippen LogP contribution in [0.4, 0.5) is 5.69 Å². The summed E-state index contributed by atoms with van der Waals surface area (Å²) in [7, 11) is 1.61. The molecule has 0 atom stereocenters. The van der Waals surface area contributed by atoms with E-state index in [2.05, 4.69) is 29.7 Å². The maximum absolute atomic E-state index is 11.8. The highest BCUT2D eigenvalue weighted by molar-refractivity contribution is 5.97. The van der Waals surface area contributed by atoms with Crippen LogP contribution in [-0.4, -0.2) is 26.2 Å². The zero-order chi connectivity index (χ0) is 16.9. The van der Waals surface area contributed by atoms with Gasteiger partial charge in [-0.05, 0) is 37.0 Å². The first-order chi connectivity index (χ1) is 11.2. The van der Waals surface area contributed by atoms with Crippen molar-refractivity contribution in [1.82, 2.24) is 5.32 Å². The van der Waals surface area contributed by atoms with Crippen LogP contribution in [-0.2, 0) is 16.0 Å². The van der Waals surface area contributed by atoms with Crippen LogP contribution in [0.1, 0.15) is 31.7 Å². The summed E-state index contributed by atoms with van der Waals surface area (Å²) in [6.07, 6.45) is 5.57. The van der Waals surface area contributed by atoms with Crippen molar-refractivity contribution >= 4 is 11.6 Å². The van der Waals surface area contributed by atoms with Crippen molar-refractivity contribution in [1.29, 1.82) is 5.26 Å². The number of carbonyl (C=O) groups is 1. The van der Waals surface area contributed by atoms with Gasteiger partial charge in [0.05, 0.1) is 0 Å². The predicted molar refractivity (Wildman–Crippen MR) is 91.9 cm³/mol. The Balaban J connectivity index is 2.52. The number of hydrogen-bond acceptors (Lipinski definition) is 4. The molecule has 0 saturated heterocycles. The fourth-order valence-electron chi connectivity index (χ4n) is 1.97. The molecular weight excluding hydrogens is 290 g/mol. The Hall–Kier alpha value is -2.32. The molecule has 1 aromatic carbocycles. The molecule has 5 nitrogen and oxygen atoms in total. The van der Waals surface area contributed by atoms with Gasteiger partial charge in [-0.25, -0.2) is 0 Å². The van der Waals surface area contributed by atoms with E-state index in [-0.39, 0.29) is 11.5 Å². The van der Waals surface area contributed by atoms with Crippen LogP contribution in [0.5, 0.6) is 0 Å². The minimum absolute atomic E-state index is 0.0532. The number of nitrogens with zero attached hydrogens (tertiary/aromatic N) is 1. The molecule has 0 aliphatic heterocycles. The Bertz CT molecular complexity index is 544. The van der Waals surface area contributed by atoms with E-state index in [1.165, 1.54) is 24.6 Å². The summed E-state index contributed by atoms with van der Waals surface area (Å²) < 4.78 is 4.91. The van der Waals surface area contributed by atoms with Crippen molar-refractivity contribution < 1.29 is 9.53 Å². The standard InChI is InChI=1S/C18H25N3O2/c1-3-4-6-15-7-9-17(10-8-15)21-14-16(13-19)18(22)20-11-5-12-23-2/h7-10,14,21H,3-6,11-12H2,1-2H3,(H,20,22)/b16-14-. The van der Waals surface area contributed by atoms with Crippen LogP contribution in [0.3, 0.4) is 0 Å². The van der Waals surface area contributed by atoms with E-state index in [9.17, 15) is 4.79 Å². The van der Waals surface area contributed by atoms with Gasteiger partial charge >= 0.3 is 0 Å². The summed E-state index contributed by atoms with van der Waals surface area (Å²) in [6, 6.07) is 9.93. The Labute approximate surface area is 138 Å². The maximum Gasteiger partial charge on any atom is 0.263 e. The second-order valence-electron chi connectivity index (χ2n) is 5.22. The third kappa shape index (κ3) is 7.48. The first-order valence-electron chi connectivity index (χ1n) is 7.94. The molecule has 0 radical (unpaired) electrons. The molecule has 0 aliphatic rings. The van der Waals surface area contributed by atoms with Gasteiger partial charge in [-0.2, -0.15) is 5.26 Å². The Morgan fingerprint density at radius 3 is 2.65 bits per heavy atom. The molecule has 124 valence electrons. The number of anilines is 1. The smallest absolute Gasteiger partial charge is 0.263 e. The van der Waals surface area contributed by atoms with E-state index in [1.807, 2.05) is 18.2 Å². The van der Waals surface area contributed by atoms with E-state index in [0.29, 0.717) is 19.6 Å². The molecule has 0 saturated carbocycles. The molecule has 1 amide bonds. The van der Waals surface area contributed by atoms with Crippen LogP contribution >= 0.6 is 0 Å². The molecule has 0 fully saturated rings. The van der Waals surface area contributed by atoms with Gasteiger partial charge < -0.3 is 15.4 Å². The van der Waals surface area contributed by atoms with E-state index >= 15 is 0 Å². The lowest BCUT2D eigenvalue weighted by molar-refractivity contribution is -0.117. The molecule has 0 aliphatic carbocycles. The monoisotopic (exact) mass is 315 g/mol. The Morgan fingerprint density at radius 2 is 2.04 bits per heavy atom. The number of unbranched alkanes of at least 4 members (excludes halogenated alkanes) is 1. The highest BCUT2D eigenvalue weighted by Crippen LogP contribution is 2.12. The van der Waals surface area contributed by atoms with Gasteiger partial charge in [-0.3, -0.25) is 4.79 Å². The number of hydrogen-bond donors (Lipinski definition) is 2. The fraction of sp³-hybridized carbons (Fsp3) is 0.444. The molecule has 0 aromatic heterocycles. The van der Waals surface area contributed by atoms with Gasteiger partial charge in [0.1, 0.15) is 11.6 Å². The largest absolute Gasteiger partial charge is 0.385 e. The van der Waals surface area contributed by atoms with Gasteiger partial charge in [-0.15, -0.1) is 0 Å². The quantitative estimate of drug-likeness (QED) is 0.395. The normalized spacial score (nSPS) is 10.9. The zero-order valence-electron chi connectivity index (χ0n) is 13.9. The SMILES string of the molecule is CCCCc1ccc(N/C=C(/C#N)C(=O)NCCCOC)cc1. The number of ether oxygens (including phenoxy) is 1. The zero-order valence-corrected chi connectivity index (χ0v) is 13.9. The second kappa shape index (κ2) is 11.3. The van der Waals surface area contributed by atoms with Gasteiger partial charge in [0.2, 0.25) is 0 Å². The number of nitriles is 1. The van der Waals surface area contributed by atoms with Crippen molar-refractivity contribution in [3.05, 3.63) is 41.6 Å². The first-order valence-corrected chi connectivity index (χ1v) is 7.94. The molecule has 0 spiro atoms. The van der Waals surface area contributed by atoms with Crippen molar-refractivity contribution in [3.8, 4) is 6.07 Å². The lowest BCUT2D eigenvalue weighted by Gasteiger charge is -2.06. The third-order valence-electron chi connectivity index (χ3n) is 3.33. The number of rotatable bonds is 10. The van der Waals surface area contributed by atoms with E-state index in [4.69, 9.17) is 10.00 Å². The van der Waals surface area contributed by atoms with E-state index in [0.717, 1.165) is 12.1 Å². The fourth-order valence-corrected chi connectivity index (χ4v) is 1.97. The Morgan fingerprint density at radius 1 is 1.30 bits per heavy atom. The van der Waals surface area contributed by atoms with Crippen LogP contribution in [0.25, 0.3) is 0 Å². The number of benzene rings is 1. The highest BCUT2D eigenvalue weighted by Gasteiger charge is 2.07. The number of carbonyl (C=O) groups excluding carboxylic acids is 1. The Kier molecular flexibility index (Phi) is 9.18. The molecule has 5 heteroatoms. The molecule has 0 unspecified atom stereocenters. The van der Waals surface area contributed by atoms with Gasteiger partial charge in [0, 0.05) is 32.1 Å². The number of nitrogens with one attached hydrogen (secondary N) is 2. The molecule has 0 heterocycles. The average molecular weight is 315 g/mol. The summed E-state index contributed by atoms with van der Waals surface area (Å²) in [5.41, 5.74) is 2.19. The van der Waals surface area contributed by atoms with Crippen molar-refractivity contribution in [2.24, 2.45) is 0 Å². The average Bonchev–Trinajstić information content (AvgIpc) is 2.58. The molecule has 1 rings (SSSR count). The molecular formula is C18H25N3O2. The van der Waals surface area contributed by atoms with Crippen molar-refractivity contribution in [3.63, 3.8) is 0 Å². The maximum atomic E-state index is 11.8. The lowest BCUT2D eigenvalue weighted by atomic mass is 10.1. The molecule has 0 bridgehead atoms. The van der Waals surface area contributed by atoms with Crippen LogP contribution in [0.2, 0.25) is 0 Å². The van der Waals surface area contributed by atoms with Crippen LogP contribution < -0.4 is 10.6 Å². The van der Waals surface area contributed by atoms with Gasteiger partial charge in [-0.1, -0.05) is 25.5 Å². The van der Waals surface area contributed by atoms with Gasteiger partial charge in [0.25, 0.3) is 5.91 Å². The first kappa shape index (κ1) is 18.7. The van der Waals surface area contributed by atoms with Crippen LogP contribution in [0.15, 0.2) is 36.0 Å². The van der Waals surface area contributed by atoms with E-state index < -0.39 is 0 Å². The van der Waals surface area contributed by atoms with E-state index in [1.54, 1.807) is 7.11 Å².